The smallest absolute Gasteiger partial charge is 0.0711 e. The van der Waals surface area contributed by atoms with Gasteiger partial charge in [-0.3, -0.25) is 9.97 Å². The van der Waals surface area contributed by atoms with Gasteiger partial charge in [-0.2, -0.15) is 0 Å². The summed E-state index contributed by atoms with van der Waals surface area (Å²) in [4.78, 5) is 10.7. The van der Waals surface area contributed by atoms with Gasteiger partial charge in [0.1, 0.15) is 0 Å². The second-order valence-corrected chi connectivity index (χ2v) is 22.8. The number of hydrogen-bond acceptors (Lipinski definition) is 2. The van der Waals surface area contributed by atoms with Crippen LogP contribution >= 0.6 is 0 Å². The van der Waals surface area contributed by atoms with Crippen molar-refractivity contribution in [3.8, 4) is 22.5 Å². The van der Waals surface area contributed by atoms with E-state index in [-0.39, 0.29) is 78.6 Å². The van der Waals surface area contributed by atoms with Crippen molar-refractivity contribution in [2.24, 2.45) is 0 Å². The first-order valence-electron chi connectivity index (χ1n) is 29.0. The van der Waals surface area contributed by atoms with Crippen LogP contribution in [0.15, 0.2) is 237 Å². The van der Waals surface area contributed by atoms with Gasteiger partial charge in [-0.1, -0.05) is 296 Å². The van der Waals surface area contributed by atoms with Crippen molar-refractivity contribution in [3.05, 3.63) is 312 Å². The number of rotatable bonds is 14. The maximum atomic E-state index is 5.73. The molecule has 2 unspecified atom stereocenters. The molecule has 2 atom stereocenters. The topological polar surface area (TPSA) is 54.0 Å². The number of aromatic nitrogens is 2. The Morgan fingerprint density at radius 1 is 0.294 bits per heavy atom. The second kappa shape index (κ2) is 29.3. The molecule has 0 amide bonds. The van der Waals surface area contributed by atoms with Crippen molar-refractivity contribution in [3.63, 3.8) is 0 Å². The van der Waals surface area contributed by atoms with Gasteiger partial charge in [0.05, 0.1) is 11.4 Å². The van der Waals surface area contributed by atoms with Crippen molar-refractivity contribution in [1.82, 2.24) is 9.97 Å². The molecule has 0 aliphatic rings. The van der Waals surface area contributed by atoms with Gasteiger partial charge in [0, 0.05) is 74.2 Å². The standard InChI is InChI=1S/C42H37N2.C35H35N2.2CH3.2Hf/c1-27(2)31-21-12-22-32(28(3)4)41(31)44-42(38-26-30-15-6-8-18-34(30)35-19-9-10-20-36(35)38)40-25-13-24-39(43-40)37-23-11-16-29-14-5-7-17-33(29)37;1-23(2)27-18-11-19-28(24(3)4)34(27)37-35(29-16-8-6-13-25(29)5)33-22-12-21-32(36-33)31-20-10-15-26-14-7-9-17-30(26)31;;;;/h5-28,42H,1-4H3;6-24,35H,1-5H3;2*1H3;;/q4*-1;;. The third-order valence-electron chi connectivity index (χ3n) is 16.0. The summed E-state index contributed by atoms with van der Waals surface area (Å²) in [5.74, 6) is 1.45. The summed E-state index contributed by atoms with van der Waals surface area (Å²) in [6, 6.07) is 83.9. The van der Waals surface area contributed by atoms with E-state index in [2.05, 4.69) is 299 Å². The largest absolute Gasteiger partial charge is 0.673 e. The Balaban J connectivity index is 0.000000236. The molecule has 0 saturated heterocycles. The van der Waals surface area contributed by atoms with E-state index in [1.165, 1.54) is 82.0 Å². The molecular formula is C79H78Hf2N4-4. The monoisotopic (exact) mass is 1440 g/mol. The Kier molecular flexibility index (Phi) is 22.6. The number of nitrogens with zero attached hydrogens (tertiary/aromatic N) is 4. The first kappa shape index (κ1) is 65.4. The van der Waals surface area contributed by atoms with E-state index in [0.29, 0.717) is 23.7 Å². The molecule has 0 fully saturated rings. The van der Waals surface area contributed by atoms with E-state index < -0.39 is 0 Å². The van der Waals surface area contributed by atoms with Crippen molar-refractivity contribution in [2.75, 3.05) is 0 Å². The molecule has 0 saturated carbocycles. The Labute approximate surface area is 544 Å². The van der Waals surface area contributed by atoms with Crippen LogP contribution in [0.3, 0.4) is 0 Å². The van der Waals surface area contributed by atoms with Gasteiger partial charge >= 0.3 is 0 Å². The molecule has 0 spiro atoms. The summed E-state index contributed by atoms with van der Waals surface area (Å²) in [6.45, 7) is 20.2. The van der Waals surface area contributed by atoms with Crippen LogP contribution in [-0.2, 0) is 51.7 Å². The van der Waals surface area contributed by atoms with Gasteiger partial charge in [-0.15, -0.1) is 11.4 Å². The molecule has 85 heavy (non-hydrogen) atoms. The van der Waals surface area contributed by atoms with Gasteiger partial charge in [-0.05, 0) is 121 Å². The molecule has 6 heteroatoms. The van der Waals surface area contributed by atoms with Crippen LogP contribution < -0.4 is 0 Å². The summed E-state index contributed by atoms with van der Waals surface area (Å²) < 4.78 is 0. The fourth-order valence-electron chi connectivity index (χ4n) is 11.8. The molecule has 12 rings (SSSR count). The summed E-state index contributed by atoms with van der Waals surface area (Å²) >= 11 is 0. The Bertz CT molecular complexity index is 4140. The van der Waals surface area contributed by atoms with Crippen LogP contribution in [0.2, 0.25) is 0 Å². The second-order valence-electron chi connectivity index (χ2n) is 22.8. The van der Waals surface area contributed by atoms with E-state index in [9.17, 15) is 0 Å². The van der Waals surface area contributed by atoms with Crippen molar-refractivity contribution < 1.29 is 51.7 Å². The first-order chi connectivity index (χ1) is 39.4. The van der Waals surface area contributed by atoms with Crippen molar-refractivity contribution >= 4 is 54.5 Å². The molecular weight excluding hydrogens is 1360 g/mol. The van der Waals surface area contributed by atoms with Gasteiger partial charge in [0.25, 0.3) is 0 Å². The summed E-state index contributed by atoms with van der Waals surface area (Å²) in [5, 5.41) is 21.1. The predicted octanol–water partition coefficient (Wildman–Crippen LogP) is 23.4. The minimum Gasteiger partial charge on any atom is -0.673 e. The van der Waals surface area contributed by atoms with Crippen molar-refractivity contribution in [2.45, 2.75) is 98.1 Å². The Morgan fingerprint density at radius 2 is 0.624 bits per heavy atom. The Hall–Kier alpha value is -7.12. The SMILES string of the molecule is CC(C)c1cccc(C(C)C)c1[N-]C(c1cccc(-c2cccc3ccccc23)n1)c1cc2ccccc2c2ccccc12.Cc1ccccc1C([N-]c1c(C(C)C)cccc1C(C)C)c1cccc(-c2cccc3ccccc23)n1.[CH3-].[CH3-].[Hf].[Hf]. The first-order valence-corrected chi connectivity index (χ1v) is 29.0. The zero-order valence-electron chi connectivity index (χ0n) is 51.3. The molecule has 4 nitrogen and oxygen atoms in total. The van der Waals surface area contributed by atoms with Gasteiger partial charge in [0.2, 0.25) is 0 Å². The average molecular weight is 1440 g/mol. The van der Waals surface area contributed by atoms with E-state index >= 15 is 0 Å². The number of pyridine rings is 2. The maximum Gasteiger partial charge on any atom is 0.0711 e. The Morgan fingerprint density at radius 3 is 1.07 bits per heavy atom. The van der Waals surface area contributed by atoms with Crippen LogP contribution in [0.5, 0.6) is 0 Å². The van der Waals surface area contributed by atoms with E-state index in [4.69, 9.17) is 20.6 Å². The zero-order chi connectivity index (χ0) is 56.1. The summed E-state index contributed by atoms with van der Waals surface area (Å²) in [7, 11) is 0. The average Bonchev–Trinajstić information content (AvgIpc) is 3.65. The molecule has 426 valence electrons. The van der Waals surface area contributed by atoms with Crippen LogP contribution in [0.4, 0.5) is 11.4 Å². The molecule has 0 aliphatic carbocycles. The third kappa shape index (κ3) is 13.9. The number of hydrogen-bond donors (Lipinski definition) is 0. The fourth-order valence-corrected chi connectivity index (χ4v) is 11.8. The quantitative estimate of drug-likeness (QED) is 0.0619. The van der Waals surface area contributed by atoms with Crippen LogP contribution in [0.1, 0.15) is 141 Å². The van der Waals surface area contributed by atoms with E-state index in [1.807, 2.05) is 0 Å². The molecule has 10 aromatic carbocycles. The van der Waals surface area contributed by atoms with Gasteiger partial charge < -0.3 is 25.5 Å². The third-order valence-corrected chi connectivity index (χ3v) is 16.0. The van der Waals surface area contributed by atoms with Crippen LogP contribution in [0, 0.1) is 21.8 Å². The number of aryl methyl sites for hydroxylation is 1. The molecule has 2 aromatic heterocycles. The number of para-hydroxylation sites is 2. The minimum absolute atomic E-state index is 0. The van der Waals surface area contributed by atoms with Crippen molar-refractivity contribution in [1.29, 1.82) is 0 Å². The summed E-state index contributed by atoms with van der Waals surface area (Å²) in [5.41, 5.74) is 17.1. The number of fused-ring (bicyclic) bond motifs is 5. The molecule has 0 N–H and O–H groups in total. The summed E-state index contributed by atoms with van der Waals surface area (Å²) in [6.07, 6.45) is 0. The zero-order valence-corrected chi connectivity index (χ0v) is 58.5. The molecule has 2 heterocycles. The van der Waals surface area contributed by atoms with Gasteiger partial charge in [-0.25, -0.2) is 0 Å². The normalized spacial score (nSPS) is 11.8. The maximum absolute atomic E-state index is 5.73. The van der Waals surface area contributed by atoms with Crippen LogP contribution in [0.25, 0.3) is 76.2 Å². The van der Waals surface area contributed by atoms with Crippen LogP contribution in [-0.4, -0.2) is 9.97 Å². The number of benzene rings is 10. The molecule has 0 radical (unpaired) electrons. The fraction of sp³-hybridized carbons (Fsp3) is 0.190. The molecule has 0 aliphatic heterocycles. The molecule has 0 bridgehead atoms. The molecule has 12 aromatic rings. The van der Waals surface area contributed by atoms with E-state index in [1.54, 1.807) is 0 Å². The van der Waals surface area contributed by atoms with E-state index in [0.717, 1.165) is 45.3 Å². The van der Waals surface area contributed by atoms with Gasteiger partial charge in [0.15, 0.2) is 0 Å². The predicted molar refractivity (Wildman–Crippen MR) is 359 cm³/mol. The minimum atomic E-state index is -0.295.